The highest BCUT2D eigenvalue weighted by Gasteiger charge is 2.22. The van der Waals surface area contributed by atoms with Crippen LogP contribution in [0.15, 0.2) is 0 Å². The predicted octanol–water partition coefficient (Wildman–Crippen LogP) is 4.65. The summed E-state index contributed by atoms with van der Waals surface area (Å²) in [5.41, 5.74) is 0. The molecule has 0 aromatic carbocycles. The van der Waals surface area contributed by atoms with Gasteiger partial charge in [0.1, 0.15) is 5.78 Å². The normalized spacial score (nSPS) is 19.5. The molecule has 2 saturated heterocycles. The molecule has 0 atom stereocenters. The van der Waals surface area contributed by atoms with Gasteiger partial charge in [0, 0.05) is 38.9 Å². The average molecular weight is 436 g/mol. The highest BCUT2D eigenvalue weighted by molar-refractivity contribution is 5.78. The van der Waals surface area contributed by atoms with Crippen molar-refractivity contribution in [3.8, 4) is 0 Å². The fourth-order valence-electron chi connectivity index (χ4n) is 5.10. The molecule has 0 bridgehead atoms. The minimum Gasteiger partial charge on any atom is -0.356 e. The maximum Gasteiger partial charge on any atom is 0.221 e. The number of ketones is 1. The number of nitrogens with zero attached hydrogens (tertiary/aromatic N) is 2. The SMILES string of the molecule is CCCCCNC(=O)CCN1CCC(CCCC2CCN(CCC(=O)CC)CC2)CC1. The lowest BCUT2D eigenvalue weighted by Crippen LogP contribution is -2.37. The number of hydrogen-bond acceptors (Lipinski definition) is 4. The van der Waals surface area contributed by atoms with Crippen molar-refractivity contribution < 1.29 is 9.59 Å². The topological polar surface area (TPSA) is 52.7 Å². The summed E-state index contributed by atoms with van der Waals surface area (Å²) in [5, 5.41) is 3.06. The fraction of sp³-hybridized carbons (Fsp3) is 0.923. The van der Waals surface area contributed by atoms with Crippen LogP contribution < -0.4 is 5.32 Å². The van der Waals surface area contributed by atoms with Crippen molar-refractivity contribution in [2.75, 3.05) is 45.8 Å². The number of rotatable bonds is 15. The van der Waals surface area contributed by atoms with Gasteiger partial charge >= 0.3 is 0 Å². The summed E-state index contributed by atoms with van der Waals surface area (Å²) >= 11 is 0. The van der Waals surface area contributed by atoms with Crippen LogP contribution in [0.1, 0.15) is 97.3 Å². The van der Waals surface area contributed by atoms with Crippen LogP contribution in [0.4, 0.5) is 0 Å². The maximum atomic E-state index is 11.9. The molecule has 0 aromatic heterocycles. The number of nitrogens with one attached hydrogen (secondary N) is 1. The van der Waals surface area contributed by atoms with Crippen molar-refractivity contribution in [1.29, 1.82) is 0 Å². The van der Waals surface area contributed by atoms with Gasteiger partial charge in [0.15, 0.2) is 0 Å². The first-order chi connectivity index (χ1) is 15.1. The van der Waals surface area contributed by atoms with E-state index in [-0.39, 0.29) is 5.91 Å². The number of unbranched alkanes of at least 4 members (excludes halogenated alkanes) is 2. The molecule has 0 unspecified atom stereocenters. The summed E-state index contributed by atoms with van der Waals surface area (Å²) in [6.45, 7) is 11.6. The molecular formula is C26H49N3O2. The van der Waals surface area contributed by atoms with Gasteiger partial charge in [-0.2, -0.15) is 0 Å². The zero-order valence-electron chi connectivity index (χ0n) is 20.5. The van der Waals surface area contributed by atoms with E-state index >= 15 is 0 Å². The van der Waals surface area contributed by atoms with Gasteiger partial charge in [0.25, 0.3) is 0 Å². The van der Waals surface area contributed by atoms with E-state index in [0.29, 0.717) is 18.6 Å². The molecule has 2 rings (SSSR count). The zero-order chi connectivity index (χ0) is 22.3. The molecule has 0 aliphatic carbocycles. The number of amides is 1. The summed E-state index contributed by atoms with van der Waals surface area (Å²) in [6.07, 6.45) is 15.0. The monoisotopic (exact) mass is 435 g/mol. The quantitative estimate of drug-likeness (QED) is 0.381. The molecule has 31 heavy (non-hydrogen) atoms. The molecule has 1 amide bonds. The molecule has 1 N–H and O–H groups in total. The molecule has 0 aromatic rings. The third-order valence-corrected chi connectivity index (χ3v) is 7.50. The average Bonchev–Trinajstić information content (AvgIpc) is 2.80. The minimum absolute atomic E-state index is 0.223. The van der Waals surface area contributed by atoms with Crippen LogP contribution in [0.3, 0.4) is 0 Å². The molecule has 5 heteroatoms. The van der Waals surface area contributed by atoms with E-state index in [1.807, 2.05) is 6.92 Å². The number of likely N-dealkylation sites (tertiary alicyclic amines) is 2. The predicted molar refractivity (Wildman–Crippen MR) is 129 cm³/mol. The molecule has 180 valence electrons. The Bertz CT molecular complexity index is 495. The Morgan fingerprint density at radius 2 is 1.32 bits per heavy atom. The number of piperidine rings is 2. The van der Waals surface area contributed by atoms with E-state index in [0.717, 1.165) is 44.3 Å². The van der Waals surface area contributed by atoms with Gasteiger partial charge in [-0.1, -0.05) is 46.0 Å². The van der Waals surface area contributed by atoms with Crippen LogP contribution in [0.25, 0.3) is 0 Å². The van der Waals surface area contributed by atoms with Crippen LogP contribution in [0, 0.1) is 11.8 Å². The summed E-state index contributed by atoms with van der Waals surface area (Å²) in [6, 6.07) is 0. The van der Waals surface area contributed by atoms with Gasteiger partial charge in [-0.05, 0) is 70.1 Å². The van der Waals surface area contributed by atoms with Gasteiger partial charge in [0.2, 0.25) is 5.91 Å². The highest BCUT2D eigenvalue weighted by atomic mass is 16.1. The van der Waals surface area contributed by atoms with Gasteiger partial charge in [-0.25, -0.2) is 0 Å². The van der Waals surface area contributed by atoms with Crippen molar-refractivity contribution >= 4 is 11.7 Å². The zero-order valence-corrected chi connectivity index (χ0v) is 20.5. The Morgan fingerprint density at radius 3 is 1.84 bits per heavy atom. The van der Waals surface area contributed by atoms with Crippen molar-refractivity contribution in [1.82, 2.24) is 15.1 Å². The molecule has 5 nitrogen and oxygen atoms in total. The first-order valence-corrected chi connectivity index (χ1v) is 13.3. The second-order valence-electron chi connectivity index (χ2n) is 9.95. The van der Waals surface area contributed by atoms with Crippen molar-refractivity contribution in [3.05, 3.63) is 0 Å². The van der Waals surface area contributed by atoms with Gasteiger partial charge in [0.05, 0.1) is 0 Å². The second kappa shape index (κ2) is 15.8. The standard InChI is InChI=1S/C26H49N3O2/c1-3-5-6-16-27-26(31)15-22-29-19-12-24(13-20-29)9-7-8-23-10-17-28(18-11-23)21-14-25(30)4-2/h23-24H,3-22H2,1-2H3,(H,27,31). The summed E-state index contributed by atoms with van der Waals surface area (Å²) in [4.78, 5) is 28.4. The highest BCUT2D eigenvalue weighted by Crippen LogP contribution is 2.27. The molecule has 0 saturated carbocycles. The van der Waals surface area contributed by atoms with Crippen LogP contribution in [-0.2, 0) is 9.59 Å². The molecule has 2 heterocycles. The van der Waals surface area contributed by atoms with E-state index < -0.39 is 0 Å². The largest absolute Gasteiger partial charge is 0.356 e. The summed E-state index contributed by atoms with van der Waals surface area (Å²) in [7, 11) is 0. The molecule has 0 spiro atoms. The number of hydrogen-bond donors (Lipinski definition) is 1. The number of carbonyl (C=O) groups excluding carboxylic acids is 2. The van der Waals surface area contributed by atoms with E-state index in [4.69, 9.17) is 0 Å². The molecule has 2 aliphatic heterocycles. The molecule has 2 fully saturated rings. The molecule has 2 aliphatic rings. The van der Waals surface area contributed by atoms with Crippen molar-refractivity contribution in [2.24, 2.45) is 11.8 Å². The van der Waals surface area contributed by atoms with Crippen LogP contribution >= 0.6 is 0 Å². The van der Waals surface area contributed by atoms with Crippen LogP contribution in [-0.4, -0.2) is 67.3 Å². The molecular weight excluding hydrogens is 386 g/mol. The first-order valence-electron chi connectivity index (χ1n) is 13.3. The third-order valence-electron chi connectivity index (χ3n) is 7.50. The third kappa shape index (κ3) is 11.5. The van der Waals surface area contributed by atoms with Gasteiger partial charge < -0.3 is 15.1 Å². The summed E-state index contributed by atoms with van der Waals surface area (Å²) < 4.78 is 0. The van der Waals surface area contributed by atoms with E-state index in [9.17, 15) is 9.59 Å². The Labute approximate surface area is 191 Å². The second-order valence-corrected chi connectivity index (χ2v) is 9.95. The van der Waals surface area contributed by atoms with Crippen LogP contribution in [0.5, 0.6) is 0 Å². The van der Waals surface area contributed by atoms with Crippen LogP contribution in [0.2, 0.25) is 0 Å². The smallest absolute Gasteiger partial charge is 0.221 e. The maximum absolute atomic E-state index is 11.9. The lowest BCUT2D eigenvalue weighted by atomic mass is 9.87. The Balaban J connectivity index is 1.46. The lowest BCUT2D eigenvalue weighted by Gasteiger charge is -2.33. The van der Waals surface area contributed by atoms with E-state index in [1.165, 1.54) is 84.0 Å². The summed E-state index contributed by atoms with van der Waals surface area (Å²) in [5.74, 6) is 2.41. The fourth-order valence-corrected chi connectivity index (χ4v) is 5.10. The van der Waals surface area contributed by atoms with Crippen molar-refractivity contribution in [3.63, 3.8) is 0 Å². The lowest BCUT2D eigenvalue weighted by molar-refractivity contribution is -0.121. The van der Waals surface area contributed by atoms with Gasteiger partial charge in [-0.15, -0.1) is 0 Å². The van der Waals surface area contributed by atoms with E-state index in [2.05, 4.69) is 22.0 Å². The van der Waals surface area contributed by atoms with E-state index in [1.54, 1.807) is 0 Å². The Hall–Kier alpha value is -0.940. The number of carbonyl (C=O) groups is 2. The Morgan fingerprint density at radius 1 is 0.774 bits per heavy atom. The Kier molecular flexibility index (Phi) is 13.4. The molecule has 0 radical (unpaired) electrons. The first kappa shape index (κ1) is 26.3. The van der Waals surface area contributed by atoms with Gasteiger partial charge in [-0.3, -0.25) is 9.59 Å². The number of Topliss-reactive ketones (excluding diaryl/α,β-unsaturated/α-hetero) is 1. The van der Waals surface area contributed by atoms with Crippen molar-refractivity contribution in [2.45, 2.75) is 97.3 Å². The minimum atomic E-state index is 0.223.